The summed E-state index contributed by atoms with van der Waals surface area (Å²) in [5, 5.41) is 13.1. The number of carboxylic acid groups (broad SMARTS) is 1. The minimum Gasteiger partial charge on any atom is -0.478 e. The van der Waals surface area contributed by atoms with Crippen molar-refractivity contribution in [1.29, 1.82) is 0 Å². The second-order valence-electron chi connectivity index (χ2n) is 13.1. The molecule has 0 spiro atoms. The number of aromatic nitrogens is 2. The van der Waals surface area contributed by atoms with Crippen LogP contribution in [-0.2, 0) is 13.0 Å². The molecule has 1 saturated carbocycles. The van der Waals surface area contributed by atoms with Gasteiger partial charge in [-0.25, -0.2) is 14.6 Å². The van der Waals surface area contributed by atoms with Gasteiger partial charge < -0.3 is 15.0 Å². The van der Waals surface area contributed by atoms with Crippen LogP contribution < -0.4 is 10.2 Å². The number of nitrogens with zero attached hydrogens (tertiary/aromatic N) is 3. The van der Waals surface area contributed by atoms with Crippen molar-refractivity contribution in [3.63, 3.8) is 0 Å². The Morgan fingerprint density at radius 1 is 0.872 bits per heavy atom. The molecule has 1 aliphatic rings. The van der Waals surface area contributed by atoms with E-state index in [0.717, 1.165) is 78.6 Å². The fraction of sp³-hybridized carbons (Fsp3) is 0.475. The third-order valence-electron chi connectivity index (χ3n) is 9.55. The first-order valence-corrected chi connectivity index (χ1v) is 18.0. The molecule has 2 amide bonds. The number of hydrogen-bond acceptors (Lipinski definition) is 3. The minimum atomic E-state index is -0.927. The van der Waals surface area contributed by atoms with Crippen molar-refractivity contribution in [1.82, 2.24) is 14.9 Å². The second kappa shape index (κ2) is 17.1. The maximum Gasteiger partial charge on any atom is 0.336 e. The fourth-order valence-electron chi connectivity index (χ4n) is 6.82. The van der Waals surface area contributed by atoms with Gasteiger partial charge in [-0.2, -0.15) is 0 Å². The lowest BCUT2D eigenvalue weighted by atomic mass is 9.96. The van der Waals surface area contributed by atoms with Gasteiger partial charge in [-0.15, -0.1) is 0 Å². The van der Waals surface area contributed by atoms with E-state index in [0.29, 0.717) is 24.2 Å². The van der Waals surface area contributed by atoms with Crippen LogP contribution in [0, 0.1) is 0 Å². The zero-order valence-corrected chi connectivity index (χ0v) is 28.3. The van der Waals surface area contributed by atoms with Gasteiger partial charge in [0.25, 0.3) is 0 Å². The molecular formula is C40H52N4O3. The van der Waals surface area contributed by atoms with E-state index in [4.69, 9.17) is 4.98 Å². The number of urea groups is 1. The van der Waals surface area contributed by atoms with E-state index in [2.05, 4.69) is 54.1 Å². The summed E-state index contributed by atoms with van der Waals surface area (Å²) in [7, 11) is 0. The molecular weight excluding hydrogens is 584 g/mol. The third-order valence-corrected chi connectivity index (χ3v) is 9.55. The molecule has 1 aromatic heterocycles. The van der Waals surface area contributed by atoms with E-state index < -0.39 is 5.97 Å². The highest BCUT2D eigenvalue weighted by atomic mass is 16.4. The molecule has 250 valence electrons. The number of unbranched alkanes of at least 4 members (excludes halogenated alkanes) is 6. The van der Waals surface area contributed by atoms with Crippen molar-refractivity contribution < 1.29 is 14.7 Å². The normalized spacial score (nSPS) is 13.6. The Bertz CT molecular complexity index is 1600. The quantitative estimate of drug-likeness (QED) is 0.120. The summed E-state index contributed by atoms with van der Waals surface area (Å²) in [5.74, 6) is 0.123. The number of carbonyl (C=O) groups is 2. The highest BCUT2D eigenvalue weighted by molar-refractivity contribution is 5.96. The smallest absolute Gasteiger partial charge is 0.336 e. The van der Waals surface area contributed by atoms with Gasteiger partial charge >= 0.3 is 12.0 Å². The first-order chi connectivity index (χ1) is 23.0. The molecule has 4 aromatic rings. The molecule has 2 N–H and O–H groups in total. The highest BCUT2D eigenvalue weighted by Crippen LogP contribution is 2.28. The van der Waals surface area contributed by atoms with Crippen LogP contribution in [0.4, 0.5) is 10.5 Å². The van der Waals surface area contributed by atoms with Crippen LogP contribution in [0.2, 0.25) is 0 Å². The Balaban J connectivity index is 1.43. The molecule has 1 heterocycles. The third kappa shape index (κ3) is 9.03. The molecule has 1 aliphatic carbocycles. The SMILES string of the molecule is CCCCCCCCN(C(=O)NC1CCCCC1)c1ccc2nc(CCCC)n(Cc3ccc(-c4ccccc4C(=O)O)cc3)c2c1. The summed E-state index contributed by atoms with van der Waals surface area (Å²) in [4.78, 5) is 32.6. The van der Waals surface area contributed by atoms with Crippen LogP contribution in [0.25, 0.3) is 22.2 Å². The van der Waals surface area contributed by atoms with Crippen molar-refractivity contribution in [3.8, 4) is 11.1 Å². The van der Waals surface area contributed by atoms with Gasteiger partial charge in [0.05, 0.1) is 16.6 Å². The molecule has 3 aromatic carbocycles. The summed E-state index contributed by atoms with van der Waals surface area (Å²) in [6, 6.07) is 21.9. The molecule has 0 atom stereocenters. The number of aryl methyl sites for hydroxylation is 1. The number of carbonyl (C=O) groups excluding carboxylic acids is 1. The van der Waals surface area contributed by atoms with E-state index >= 15 is 0 Å². The molecule has 0 unspecified atom stereocenters. The van der Waals surface area contributed by atoms with Crippen molar-refractivity contribution in [2.45, 2.75) is 116 Å². The lowest BCUT2D eigenvalue weighted by Gasteiger charge is -2.28. The zero-order chi connectivity index (χ0) is 33.0. The molecule has 47 heavy (non-hydrogen) atoms. The number of imidazole rings is 1. The number of fused-ring (bicyclic) bond motifs is 1. The van der Waals surface area contributed by atoms with E-state index in [9.17, 15) is 14.7 Å². The van der Waals surface area contributed by atoms with Crippen molar-refractivity contribution in [2.24, 2.45) is 0 Å². The van der Waals surface area contributed by atoms with Crippen LogP contribution in [-0.4, -0.2) is 39.2 Å². The summed E-state index contributed by atoms with van der Waals surface area (Å²) in [6.45, 7) is 5.78. The molecule has 5 rings (SSSR count). The Morgan fingerprint density at radius 3 is 2.34 bits per heavy atom. The molecule has 0 saturated heterocycles. The molecule has 7 heteroatoms. The van der Waals surface area contributed by atoms with Gasteiger partial charge in [0.2, 0.25) is 0 Å². The van der Waals surface area contributed by atoms with E-state index in [1.54, 1.807) is 12.1 Å². The number of amides is 2. The topological polar surface area (TPSA) is 87.5 Å². The molecule has 0 radical (unpaired) electrons. The second-order valence-corrected chi connectivity index (χ2v) is 13.1. The predicted octanol–water partition coefficient (Wildman–Crippen LogP) is 10.0. The Morgan fingerprint density at radius 2 is 1.60 bits per heavy atom. The van der Waals surface area contributed by atoms with E-state index in [-0.39, 0.29) is 12.1 Å². The number of nitrogens with one attached hydrogen (secondary N) is 1. The number of aromatic carboxylic acids is 1. The van der Waals surface area contributed by atoms with Crippen molar-refractivity contribution >= 4 is 28.7 Å². The lowest BCUT2D eigenvalue weighted by molar-refractivity contribution is 0.0697. The average Bonchev–Trinajstić information content (AvgIpc) is 3.43. The standard InChI is InChI=1S/C40H52N4O3/c1-3-5-7-8-9-15-27-43(40(47)41-32-16-11-10-12-17-32)33-25-26-36-37(28-33)44(38(42-36)20-6-4-2)29-30-21-23-31(24-22-30)34-18-13-14-19-35(34)39(45)46/h13-14,18-19,21-26,28,32H,3-12,15-17,20,27,29H2,1-2H3,(H,41,47)(H,45,46). The first-order valence-electron chi connectivity index (χ1n) is 18.0. The average molecular weight is 637 g/mol. The molecule has 1 fully saturated rings. The summed E-state index contributed by atoms with van der Waals surface area (Å²) >= 11 is 0. The zero-order valence-electron chi connectivity index (χ0n) is 28.3. The minimum absolute atomic E-state index is 0.0133. The number of benzene rings is 3. The van der Waals surface area contributed by atoms with Crippen LogP contribution in [0.3, 0.4) is 0 Å². The maximum absolute atomic E-state index is 13.8. The monoisotopic (exact) mass is 636 g/mol. The highest BCUT2D eigenvalue weighted by Gasteiger charge is 2.22. The molecule has 0 aliphatic heterocycles. The Kier molecular flexibility index (Phi) is 12.5. The van der Waals surface area contributed by atoms with Crippen LogP contribution >= 0.6 is 0 Å². The van der Waals surface area contributed by atoms with Crippen molar-refractivity contribution in [2.75, 3.05) is 11.4 Å². The van der Waals surface area contributed by atoms with Crippen molar-refractivity contribution in [3.05, 3.63) is 83.7 Å². The van der Waals surface area contributed by atoms with Crippen LogP contribution in [0.5, 0.6) is 0 Å². The van der Waals surface area contributed by atoms with Gasteiger partial charge in [0, 0.05) is 31.2 Å². The predicted molar refractivity (Wildman–Crippen MR) is 192 cm³/mol. The fourth-order valence-corrected chi connectivity index (χ4v) is 6.82. The molecule has 0 bridgehead atoms. The number of carboxylic acids is 1. The Labute approximate surface area is 280 Å². The van der Waals surface area contributed by atoms with E-state index in [1.165, 1.54) is 44.9 Å². The number of anilines is 1. The lowest BCUT2D eigenvalue weighted by Crippen LogP contribution is -2.46. The maximum atomic E-state index is 13.8. The van der Waals surface area contributed by atoms with Gasteiger partial charge in [-0.3, -0.25) is 4.90 Å². The van der Waals surface area contributed by atoms with Crippen LogP contribution in [0.1, 0.15) is 119 Å². The Hall–Kier alpha value is -4.13. The van der Waals surface area contributed by atoms with Gasteiger partial charge in [0.15, 0.2) is 0 Å². The van der Waals surface area contributed by atoms with Gasteiger partial charge in [0.1, 0.15) is 5.82 Å². The van der Waals surface area contributed by atoms with Gasteiger partial charge in [-0.1, -0.05) is 114 Å². The molecule has 7 nitrogen and oxygen atoms in total. The largest absolute Gasteiger partial charge is 0.478 e. The van der Waals surface area contributed by atoms with Gasteiger partial charge in [-0.05, 0) is 66.6 Å². The van der Waals surface area contributed by atoms with E-state index in [1.807, 2.05) is 29.2 Å². The number of rotatable bonds is 16. The summed E-state index contributed by atoms with van der Waals surface area (Å²) < 4.78 is 2.30. The van der Waals surface area contributed by atoms with Crippen LogP contribution in [0.15, 0.2) is 66.7 Å². The summed E-state index contributed by atoms with van der Waals surface area (Å²) in [5.41, 5.74) is 5.90. The first kappa shape index (κ1) is 34.2. The summed E-state index contributed by atoms with van der Waals surface area (Å²) in [6.07, 6.45) is 15.8. The number of hydrogen-bond donors (Lipinski definition) is 2.